The fourth-order valence-electron chi connectivity index (χ4n) is 2.94. The summed E-state index contributed by atoms with van der Waals surface area (Å²) in [6.07, 6.45) is -4.72. The number of hydrogen-bond acceptors (Lipinski definition) is 6. The number of carbonyl (C=O) groups excluding carboxylic acids is 2. The molecule has 0 aliphatic carbocycles. The van der Waals surface area contributed by atoms with Crippen molar-refractivity contribution in [3.8, 4) is 16.9 Å². The van der Waals surface area contributed by atoms with Crippen molar-refractivity contribution in [2.24, 2.45) is 0 Å². The second-order valence-electron chi connectivity index (χ2n) is 6.09. The van der Waals surface area contributed by atoms with Crippen LogP contribution in [-0.2, 0) is 25.2 Å². The molecule has 160 valence electrons. The first kappa shape index (κ1) is 21.9. The molecule has 30 heavy (non-hydrogen) atoms. The number of hydrogen-bond donors (Lipinski definition) is 0. The van der Waals surface area contributed by atoms with Gasteiger partial charge in [-0.15, -0.1) is 0 Å². The Kier molecular flexibility index (Phi) is 5.98. The highest BCUT2D eigenvalue weighted by atomic mass is 32.2. The molecule has 0 spiro atoms. The monoisotopic (exact) mass is 444 g/mol. The van der Waals surface area contributed by atoms with Crippen LogP contribution in [0.15, 0.2) is 41.3 Å². The summed E-state index contributed by atoms with van der Waals surface area (Å²) < 4.78 is 70.3. The minimum atomic E-state index is -4.72. The van der Waals surface area contributed by atoms with Gasteiger partial charge in [-0.25, -0.2) is 14.0 Å². The lowest BCUT2D eigenvalue weighted by atomic mass is 9.98. The predicted octanol–water partition coefficient (Wildman–Crippen LogP) is 4.82. The van der Waals surface area contributed by atoms with Crippen molar-refractivity contribution >= 4 is 23.7 Å². The van der Waals surface area contributed by atoms with Gasteiger partial charge in [0, 0.05) is 5.56 Å². The third kappa shape index (κ3) is 3.83. The van der Waals surface area contributed by atoms with Gasteiger partial charge in [0.1, 0.15) is 11.6 Å². The van der Waals surface area contributed by atoms with Crippen molar-refractivity contribution in [2.75, 3.05) is 13.2 Å². The van der Waals surface area contributed by atoms with Crippen LogP contribution >= 0.6 is 11.8 Å². The molecule has 1 aliphatic rings. The Hall–Kier alpha value is -2.75. The molecule has 10 heteroatoms. The number of halogens is 4. The van der Waals surface area contributed by atoms with E-state index < -0.39 is 34.4 Å². The maximum Gasteiger partial charge on any atom is 0.417 e. The molecule has 0 saturated carbocycles. The van der Waals surface area contributed by atoms with Crippen molar-refractivity contribution in [2.45, 2.75) is 29.9 Å². The number of ether oxygens (including phenoxy) is 3. The van der Waals surface area contributed by atoms with Crippen LogP contribution in [0.1, 0.15) is 19.4 Å². The van der Waals surface area contributed by atoms with Crippen molar-refractivity contribution < 1.29 is 41.4 Å². The van der Waals surface area contributed by atoms with Gasteiger partial charge in [-0.1, -0.05) is 30.0 Å². The van der Waals surface area contributed by atoms with Crippen molar-refractivity contribution in [3.05, 3.63) is 47.8 Å². The van der Waals surface area contributed by atoms with Crippen LogP contribution in [-0.4, -0.2) is 30.1 Å². The second-order valence-corrected chi connectivity index (χ2v) is 7.30. The van der Waals surface area contributed by atoms with Crippen LogP contribution in [0.3, 0.4) is 0 Å². The summed E-state index contributed by atoms with van der Waals surface area (Å²) in [6, 6.07) is 6.38. The van der Waals surface area contributed by atoms with Crippen LogP contribution in [0.2, 0.25) is 0 Å². The standard InChI is InChI=1S/C20H16F4O5S/c1-3-27-17(25)19(18(26)28-4-2)29-16-13(9-11(21)10-15(16)30-19)12-7-5-6-8-14(12)20(22,23)24/h5-10H,3-4H2,1-2H3. The Bertz CT molecular complexity index is 972. The van der Waals surface area contributed by atoms with Gasteiger partial charge < -0.3 is 14.2 Å². The van der Waals surface area contributed by atoms with E-state index in [1.165, 1.54) is 26.0 Å². The Morgan fingerprint density at radius 3 is 2.20 bits per heavy atom. The van der Waals surface area contributed by atoms with Crippen molar-refractivity contribution in [1.82, 2.24) is 0 Å². The zero-order valence-electron chi connectivity index (χ0n) is 15.8. The van der Waals surface area contributed by atoms with E-state index in [-0.39, 0.29) is 35.0 Å². The average Bonchev–Trinajstić information content (AvgIpc) is 3.08. The number of rotatable bonds is 5. The molecule has 0 N–H and O–H groups in total. The first-order chi connectivity index (χ1) is 14.1. The van der Waals surface area contributed by atoms with Gasteiger partial charge in [0.2, 0.25) is 0 Å². The molecule has 0 amide bonds. The van der Waals surface area contributed by atoms with Crippen LogP contribution in [0.4, 0.5) is 17.6 Å². The lowest BCUT2D eigenvalue weighted by molar-refractivity contribution is -0.169. The number of thioether (sulfide) groups is 1. The number of benzene rings is 2. The van der Waals surface area contributed by atoms with E-state index in [1.54, 1.807) is 0 Å². The van der Waals surface area contributed by atoms with E-state index in [4.69, 9.17) is 14.2 Å². The summed E-state index contributed by atoms with van der Waals surface area (Å²) >= 11 is 0.524. The summed E-state index contributed by atoms with van der Waals surface area (Å²) in [4.78, 5) is 22.8. The normalized spacial score (nSPS) is 14.6. The topological polar surface area (TPSA) is 61.8 Å². The molecular formula is C20H16F4O5S. The fourth-order valence-corrected chi connectivity index (χ4v) is 4.07. The fraction of sp³-hybridized carbons (Fsp3) is 0.300. The van der Waals surface area contributed by atoms with E-state index in [0.717, 1.165) is 24.3 Å². The molecular weight excluding hydrogens is 428 g/mol. The highest BCUT2D eigenvalue weighted by molar-refractivity contribution is 8.02. The van der Waals surface area contributed by atoms with E-state index >= 15 is 0 Å². The third-order valence-electron chi connectivity index (χ3n) is 4.13. The summed E-state index contributed by atoms with van der Waals surface area (Å²) in [5.74, 6) is -3.29. The Morgan fingerprint density at radius 1 is 1.03 bits per heavy atom. The van der Waals surface area contributed by atoms with Gasteiger partial charge in [-0.3, -0.25) is 0 Å². The average molecular weight is 444 g/mol. The van der Waals surface area contributed by atoms with Crippen molar-refractivity contribution in [3.63, 3.8) is 0 Å². The zero-order chi connectivity index (χ0) is 22.1. The molecule has 0 atom stereocenters. The number of esters is 2. The highest BCUT2D eigenvalue weighted by Crippen LogP contribution is 2.54. The van der Waals surface area contributed by atoms with Crippen molar-refractivity contribution in [1.29, 1.82) is 0 Å². The van der Waals surface area contributed by atoms with Gasteiger partial charge >= 0.3 is 23.0 Å². The van der Waals surface area contributed by atoms with E-state index in [0.29, 0.717) is 11.8 Å². The van der Waals surface area contributed by atoms with E-state index in [2.05, 4.69) is 0 Å². The van der Waals surface area contributed by atoms with Gasteiger partial charge in [0.05, 0.1) is 23.7 Å². The van der Waals surface area contributed by atoms with Gasteiger partial charge in [0.25, 0.3) is 0 Å². The summed E-state index contributed by atoms with van der Waals surface area (Å²) in [7, 11) is 0. The molecule has 0 fully saturated rings. The quantitative estimate of drug-likeness (QED) is 0.375. The SMILES string of the molecule is CCOC(=O)C1(C(=O)OCC)Oc2c(cc(F)cc2-c2ccccc2C(F)(F)F)S1. The maximum atomic E-state index is 14.3. The molecule has 5 nitrogen and oxygen atoms in total. The molecule has 0 unspecified atom stereocenters. The van der Waals surface area contributed by atoms with Crippen LogP contribution in [0.5, 0.6) is 5.75 Å². The number of carbonyl (C=O) groups is 2. The Balaban J connectivity index is 2.19. The van der Waals surface area contributed by atoms with Crippen LogP contribution in [0.25, 0.3) is 11.1 Å². The molecule has 2 aromatic carbocycles. The van der Waals surface area contributed by atoms with Crippen LogP contribution < -0.4 is 4.74 Å². The smallest absolute Gasteiger partial charge is 0.417 e. The van der Waals surface area contributed by atoms with Gasteiger partial charge in [0.15, 0.2) is 0 Å². The molecule has 0 radical (unpaired) electrons. The van der Waals surface area contributed by atoms with E-state index in [1.807, 2.05) is 0 Å². The lowest BCUT2D eigenvalue weighted by Gasteiger charge is -2.23. The maximum absolute atomic E-state index is 14.3. The third-order valence-corrected chi connectivity index (χ3v) is 5.36. The zero-order valence-corrected chi connectivity index (χ0v) is 16.7. The minimum Gasteiger partial charge on any atom is -0.462 e. The minimum absolute atomic E-state index is 0.0249. The summed E-state index contributed by atoms with van der Waals surface area (Å²) in [5, 5.41) is 0. The largest absolute Gasteiger partial charge is 0.462 e. The number of fused-ring (bicyclic) bond motifs is 1. The predicted molar refractivity (Wildman–Crippen MR) is 99.3 cm³/mol. The summed E-state index contributed by atoms with van der Waals surface area (Å²) in [5.41, 5.74) is -1.62. The molecule has 0 saturated heterocycles. The molecule has 2 aromatic rings. The van der Waals surface area contributed by atoms with Gasteiger partial charge in [-0.05, 0) is 37.6 Å². The van der Waals surface area contributed by atoms with E-state index in [9.17, 15) is 27.2 Å². The lowest BCUT2D eigenvalue weighted by Crippen LogP contribution is -2.49. The first-order valence-electron chi connectivity index (χ1n) is 8.86. The molecule has 0 aromatic heterocycles. The second kappa shape index (κ2) is 8.17. The molecule has 1 aliphatic heterocycles. The Morgan fingerprint density at radius 2 is 1.63 bits per heavy atom. The first-order valence-corrected chi connectivity index (χ1v) is 9.68. The number of alkyl halides is 3. The van der Waals surface area contributed by atoms with Gasteiger partial charge in [-0.2, -0.15) is 13.2 Å². The molecule has 0 bridgehead atoms. The Labute approximate surface area is 173 Å². The van der Waals surface area contributed by atoms with Crippen LogP contribution in [0, 0.1) is 5.82 Å². The molecule has 3 rings (SSSR count). The highest BCUT2D eigenvalue weighted by Gasteiger charge is 2.58. The summed E-state index contributed by atoms with van der Waals surface area (Å²) in [6.45, 7) is 2.85. The molecule has 1 heterocycles.